The minimum absolute atomic E-state index is 0.113. The summed E-state index contributed by atoms with van der Waals surface area (Å²) in [4.78, 5) is 19.6. The molecule has 136 valence electrons. The molecule has 3 N–H and O–H groups in total. The Morgan fingerprint density at radius 2 is 1.96 bits per heavy atom. The SMILES string of the molecule is COc1ccc(-c2[nH]c3ccccc3c2CCC(=O)Nc2ncn[nH]2)cc1. The third-order valence-electron chi connectivity index (χ3n) is 4.47. The smallest absolute Gasteiger partial charge is 0.227 e. The molecule has 0 atom stereocenters. The fraction of sp³-hybridized carbons (Fsp3) is 0.150. The number of carbonyl (C=O) groups excluding carboxylic acids is 1. The van der Waals surface area contributed by atoms with Crippen LogP contribution in [-0.2, 0) is 11.2 Å². The average Bonchev–Trinajstić information content (AvgIpc) is 3.34. The molecule has 2 heterocycles. The number of hydrogen-bond donors (Lipinski definition) is 3. The van der Waals surface area contributed by atoms with Gasteiger partial charge in [-0.2, -0.15) is 10.1 Å². The number of para-hydroxylation sites is 1. The van der Waals surface area contributed by atoms with E-state index in [1.165, 1.54) is 6.33 Å². The quantitative estimate of drug-likeness (QED) is 0.489. The molecule has 0 saturated heterocycles. The predicted molar refractivity (Wildman–Crippen MR) is 104 cm³/mol. The molecule has 0 unspecified atom stereocenters. The zero-order chi connectivity index (χ0) is 18.6. The van der Waals surface area contributed by atoms with E-state index in [0.29, 0.717) is 18.8 Å². The molecule has 0 fully saturated rings. The molecule has 2 aromatic heterocycles. The summed E-state index contributed by atoms with van der Waals surface area (Å²) in [6.45, 7) is 0. The van der Waals surface area contributed by atoms with Gasteiger partial charge in [-0.1, -0.05) is 18.2 Å². The topological polar surface area (TPSA) is 95.7 Å². The lowest BCUT2D eigenvalue weighted by atomic mass is 10.0. The molecule has 0 bridgehead atoms. The highest BCUT2D eigenvalue weighted by Crippen LogP contribution is 2.32. The lowest BCUT2D eigenvalue weighted by molar-refractivity contribution is -0.116. The summed E-state index contributed by atoms with van der Waals surface area (Å²) in [6, 6.07) is 16.0. The molecule has 4 aromatic rings. The van der Waals surface area contributed by atoms with Crippen molar-refractivity contribution in [1.29, 1.82) is 0 Å². The average molecular weight is 361 g/mol. The summed E-state index contributed by atoms with van der Waals surface area (Å²) in [7, 11) is 1.65. The van der Waals surface area contributed by atoms with Gasteiger partial charge >= 0.3 is 0 Å². The molecule has 27 heavy (non-hydrogen) atoms. The number of aromatic nitrogens is 4. The van der Waals surface area contributed by atoms with Crippen molar-refractivity contribution in [1.82, 2.24) is 20.2 Å². The van der Waals surface area contributed by atoms with E-state index in [4.69, 9.17) is 4.74 Å². The highest BCUT2D eigenvalue weighted by atomic mass is 16.5. The Morgan fingerprint density at radius 3 is 2.70 bits per heavy atom. The number of hydrogen-bond acceptors (Lipinski definition) is 4. The number of anilines is 1. The summed E-state index contributed by atoms with van der Waals surface area (Å²) < 4.78 is 5.25. The van der Waals surface area contributed by atoms with E-state index in [0.717, 1.165) is 33.5 Å². The van der Waals surface area contributed by atoms with Crippen LogP contribution in [0.2, 0.25) is 0 Å². The van der Waals surface area contributed by atoms with E-state index >= 15 is 0 Å². The number of rotatable bonds is 6. The zero-order valence-corrected chi connectivity index (χ0v) is 14.8. The van der Waals surface area contributed by atoms with Crippen molar-refractivity contribution in [3.8, 4) is 17.0 Å². The molecular weight excluding hydrogens is 342 g/mol. The van der Waals surface area contributed by atoms with E-state index in [9.17, 15) is 4.79 Å². The number of nitrogens with one attached hydrogen (secondary N) is 3. The summed E-state index contributed by atoms with van der Waals surface area (Å²) in [5, 5.41) is 10.2. The van der Waals surface area contributed by atoms with Gasteiger partial charge in [-0.15, -0.1) is 0 Å². The Hall–Kier alpha value is -3.61. The summed E-state index contributed by atoms with van der Waals surface area (Å²) >= 11 is 0. The van der Waals surface area contributed by atoms with Crippen LogP contribution in [0.25, 0.3) is 22.2 Å². The molecule has 1 amide bonds. The van der Waals surface area contributed by atoms with Gasteiger partial charge in [-0.3, -0.25) is 10.1 Å². The number of H-pyrrole nitrogens is 2. The molecule has 0 aliphatic heterocycles. The van der Waals surface area contributed by atoms with Gasteiger partial charge in [0.1, 0.15) is 12.1 Å². The maximum Gasteiger partial charge on any atom is 0.227 e. The first-order valence-corrected chi connectivity index (χ1v) is 8.64. The van der Waals surface area contributed by atoms with Crippen molar-refractivity contribution in [3.05, 3.63) is 60.4 Å². The van der Waals surface area contributed by atoms with Crippen LogP contribution in [0.4, 0.5) is 5.95 Å². The summed E-state index contributed by atoms with van der Waals surface area (Å²) in [6.07, 6.45) is 2.30. The summed E-state index contributed by atoms with van der Waals surface area (Å²) in [5.41, 5.74) is 4.24. The number of nitrogens with zero attached hydrogens (tertiary/aromatic N) is 2. The Morgan fingerprint density at radius 1 is 1.15 bits per heavy atom. The number of aromatic amines is 2. The third kappa shape index (κ3) is 3.52. The van der Waals surface area contributed by atoms with Gasteiger partial charge in [0.25, 0.3) is 0 Å². The van der Waals surface area contributed by atoms with Crippen molar-refractivity contribution < 1.29 is 9.53 Å². The lowest BCUT2D eigenvalue weighted by Gasteiger charge is -2.07. The molecular formula is C20H19N5O2. The number of amides is 1. The van der Waals surface area contributed by atoms with Crippen molar-refractivity contribution in [3.63, 3.8) is 0 Å². The van der Waals surface area contributed by atoms with Crippen molar-refractivity contribution in [2.24, 2.45) is 0 Å². The molecule has 7 heteroatoms. The highest BCUT2D eigenvalue weighted by molar-refractivity contribution is 5.93. The number of ether oxygens (including phenoxy) is 1. The Bertz CT molecular complexity index is 1050. The molecule has 0 aliphatic rings. The first kappa shape index (κ1) is 16.8. The van der Waals surface area contributed by atoms with E-state index < -0.39 is 0 Å². The maximum absolute atomic E-state index is 12.2. The standard InChI is InChI=1S/C20H19N5O2/c1-27-14-8-6-13(7-9-14)19-16(15-4-2-3-5-17(15)23-19)10-11-18(26)24-20-21-12-22-25-20/h2-9,12,23H,10-11H2,1H3,(H2,21,22,24,25,26). The molecule has 0 aliphatic carbocycles. The summed E-state index contributed by atoms with van der Waals surface area (Å²) in [5.74, 6) is 1.05. The van der Waals surface area contributed by atoms with Crippen LogP contribution >= 0.6 is 0 Å². The van der Waals surface area contributed by atoms with Gasteiger partial charge < -0.3 is 9.72 Å². The van der Waals surface area contributed by atoms with Crippen LogP contribution in [-0.4, -0.2) is 33.2 Å². The van der Waals surface area contributed by atoms with E-state index in [-0.39, 0.29) is 5.91 Å². The van der Waals surface area contributed by atoms with Crippen molar-refractivity contribution in [2.75, 3.05) is 12.4 Å². The van der Waals surface area contributed by atoms with Gasteiger partial charge in [0.15, 0.2) is 0 Å². The molecule has 0 spiro atoms. The fourth-order valence-corrected chi connectivity index (χ4v) is 3.16. The Labute approximate surface area is 155 Å². The molecule has 0 radical (unpaired) electrons. The normalized spacial score (nSPS) is 10.9. The highest BCUT2D eigenvalue weighted by Gasteiger charge is 2.15. The van der Waals surface area contributed by atoms with Crippen LogP contribution < -0.4 is 10.1 Å². The van der Waals surface area contributed by atoms with Crippen LogP contribution in [0.5, 0.6) is 5.75 Å². The van der Waals surface area contributed by atoms with Crippen LogP contribution in [0.3, 0.4) is 0 Å². The van der Waals surface area contributed by atoms with E-state index in [1.54, 1.807) is 7.11 Å². The minimum Gasteiger partial charge on any atom is -0.497 e. The zero-order valence-electron chi connectivity index (χ0n) is 14.8. The number of carbonyl (C=O) groups is 1. The van der Waals surface area contributed by atoms with Gasteiger partial charge in [-0.25, -0.2) is 5.10 Å². The number of aryl methyl sites for hydroxylation is 1. The van der Waals surface area contributed by atoms with Gasteiger partial charge in [0.2, 0.25) is 11.9 Å². The molecule has 2 aromatic carbocycles. The largest absolute Gasteiger partial charge is 0.497 e. The first-order valence-electron chi connectivity index (χ1n) is 8.64. The van der Waals surface area contributed by atoms with Crippen LogP contribution in [0, 0.1) is 0 Å². The van der Waals surface area contributed by atoms with E-state index in [2.05, 4.69) is 31.5 Å². The van der Waals surface area contributed by atoms with Gasteiger partial charge in [0, 0.05) is 23.0 Å². The van der Waals surface area contributed by atoms with Crippen molar-refractivity contribution in [2.45, 2.75) is 12.8 Å². The maximum atomic E-state index is 12.2. The Balaban J connectivity index is 1.62. The second-order valence-electron chi connectivity index (χ2n) is 6.13. The monoisotopic (exact) mass is 361 g/mol. The van der Waals surface area contributed by atoms with Gasteiger partial charge in [-0.05, 0) is 47.9 Å². The first-order chi connectivity index (χ1) is 13.2. The molecule has 0 saturated carbocycles. The number of methoxy groups -OCH3 is 1. The van der Waals surface area contributed by atoms with Crippen LogP contribution in [0.1, 0.15) is 12.0 Å². The Kier molecular flexibility index (Phi) is 4.57. The number of benzene rings is 2. The number of fused-ring (bicyclic) bond motifs is 1. The van der Waals surface area contributed by atoms with Crippen molar-refractivity contribution >= 4 is 22.8 Å². The second kappa shape index (κ2) is 7.33. The molecule has 4 rings (SSSR count). The minimum atomic E-state index is -0.113. The fourth-order valence-electron chi connectivity index (χ4n) is 3.16. The second-order valence-corrected chi connectivity index (χ2v) is 6.13. The lowest BCUT2D eigenvalue weighted by Crippen LogP contribution is -2.13. The van der Waals surface area contributed by atoms with Gasteiger partial charge in [0.05, 0.1) is 7.11 Å². The molecule has 7 nitrogen and oxygen atoms in total. The predicted octanol–water partition coefficient (Wildman–Crippen LogP) is 3.53. The third-order valence-corrected chi connectivity index (χ3v) is 4.47. The van der Waals surface area contributed by atoms with Crippen LogP contribution in [0.15, 0.2) is 54.9 Å². The van der Waals surface area contributed by atoms with E-state index in [1.807, 2.05) is 42.5 Å².